The standard InChI is InChI=1S/C20H17ClN4O3/c1-28-19(27)15-4-2-3-5-16(15)24-18(26)17-10-11-22-20(25-17)23-12-13-6-8-14(21)9-7-13/h2-11H,12H2,1H3,(H,24,26)(H,22,23,25). The van der Waals surface area contributed by atoms with E-state index in [1.165, 1.54) is 19.4 Å². The highest BCUT2D eigenvalue weighted by atomic mass is 35.5. The third-order valence-electron chi connectivity index (χ3n) is 3.83. The second-order valence-corrected chi connectivity index (χ2v) is 6.17. The zero-order valence-corrected chi connectivity index (χ0v) is 15.7. The molecule has 0 spiro atoms. The van der Waals surface area contributed by atoms with E-state index in [0.29, 0.717) is 23.2 Å². The minimum Gasteiger partial charge on any atom is -0.465 e. The van der Waals surface area contributed by atoms with Crippen LogP contribution in [0.15, 0.2) is 60.8 Å². The lowest BCUT2D eigenvalue weighted by Crippen LogP contribution is -2.17. The Morgan fingerprint density at radius 2 is 1.82 bits per heavy atom. The number of nitrogens with one attached hydrogen (secondary N) is 2. The smallest absolute Gasteiger partial charge is 0.339 e. The number of nitrogens with zero attached hydrogens (tertiary/aromatic N) is 2. The Morgan fingerprint density at radius 3 is 2.57 bits per heavy atom. The predicted octanol–water partition coefficient (Wildman–Crippen LogP) is 3.78. The molecule has 3 aromatic rings. The van der Waals surface area contributed by atoms with Gasteiger partial charge in [-0.25, -0.2) is 14.8 Å². The van der Waals surface area contributed by atoms with E-state index in [-0.39, 0.29) is 11.3 Å². The molecule has 0 saturated heterocycles. The summed E-state index contributed by atoms with van der Waals surface area (Å²) in [6.07, 6.45) is 1.48. The number of esters is 1. The molecular weight excluding hydrogens is 380 g/mol. The topological polar surface area (TPSA) is 93.2 Å². The van der Waals surface area contributed by atoms with Gasteiger partial charge in [0.1, 0.15) is 5.69 Å². The zero-order chi connectivity index (χ0) is 19.9. The first-order valence-corrected chi connectivity index (χ1v) is 8.74. The van der Waals surface area contributed by atoms with Gasteiger partial charge in [0.2, 0.25) is 5.95 Å². The Hall–Kier alpha value is -3.45. The molecule has 0 aliphatic heterocycles. The molecule has 0 saturated carbocycles. The van der Waals surface area contributed by atoms with E-state index >= 15 is 0 Å². The van der Waals surface area contributed by atoms with Crippen molar-refractivity contribution in [2.24, 2.45) is 0 Å². The van der Waals surface area contributed by atoms with Crippen molar-refractivity contribution in [2.45, 2.75) is 6.54 Å². The number of para-hydroxylation sites is 1. The number of amides is 1. The summed E-state index contributed by atoms with van der Waals surface area (Å²) < 4.78 is 4.73. The number of aromatic nitrogens is 2. The van der Waals surface area contributed by atoms with Gasteiger partial charge in [0, 0.05) is 17.8 Å². The summed E-state index contributed by atoms with van der Waals surface area (Å²) in [5.74, 6) is -0.693. The van der Waals surface area contributed by atoms with Crippen LogP contribution in [0, 0.1) is 0 Å². The van der Waals surface area contributed by atoms with Crippen LogP contribution in [0.5, 0.6) is 0 Å². The van der Waals surface area contributed by atoms with Crippen molar-refractivity contribution < 1.29 is 14.3 Å². The van der Waals surface area contributed by atoms with Gasteiger partial charge >= 0.3 is 5.97 Å². The summed E-state index contributed by atoms with van der Waals surface area (Å²) in [5, 5.41) is 6.39. The lowest BCUT2D eigenvalue weighted by molar-refractivity contribution is 0.0602. The van der Waals surface area contributed by atoms with E-state index in [0.717, 1.165) is 5.56 Å². The fourth-order valence-electron chi connectivity index (χ4n) is 2.42. The molecule has 1 aromatic heterocycles. The molecule has 0 atom stereocenters. The van der Waals surface area contributed by atoms with Crippen LogP contribution in [0.1, 0.15) is 26.4 Å². The highest BCUT2D eigenvalue weighted by Crippen LogP contribution is 2.17. The Bertz CT molecular complexity index is 993. The van der Waals surface area contributed by atoms with Gasteiger partial charge in [-0.2, -0.15) is 0 Å². The molecule has 2 aromatic carbocycles. The molecule has 2 N–H and O–H groups in total. The summed E-state index contributed by atoms with van der Waals surface area (Å²) in [6, 6.07) is 15.4. The minimum atomic E-state index is -0.538. The summed E-state index contributed by atoms with van der Waals surface area (Å²) >= 11 is 5.87. The number of rotatable bonds is 6. The lowest BCUT2D eigenvalue weighted by Gasteiger charge is -2.10. The third-order valence-corrected chi connectivity index (χ3v) is 4.08. The number of methoxy groups -OCH3 is 1. The van der Waals surface area contributed by atoms with E-state index in [2.05, 4.69) is 20.6 Å². The number of ether oxygens (including phenoxy) is 1. The van der Waals surface area contributed by atoms with Crippen LogP contribution >= 0.6 is 11.6 Å². The number of benzene rings is 2. The molecule has 0 fully saturated rings. The van der Waals surface area contributed by atoms with Gasteiger partial charge < -0.3 is 15.4 Å². The van der Waals surface area contributed by atoms with Crippen LogP contribution in [0.2, 0.25) is 5.02 Å². The van der Waals surface area contributed by atoms with Crippen LogP contribution in [-0.2, 0) is 11.3 Å². The molecular formula is C20H17ClN4O3. The largest absolute Gasteiger partial charge is 0.465 e. The van der Waals surface area contributed by atoms with Crippen LogP contribution in [-0.4, -0.2) is 29.0 Å². The highest BCUT2D eigenvalue weighted by molar-refractivity contribution is 6.30. The number of carbonyl (C=O) groups is 2. The molecule has 0 bridgehead atoms. The quantitative estimate of drug-likeness (QED) is 0.616. The number of hydrogen-bond donors (Lipinski definition) is 2. The van der Waals surface area contributed by atoms with E-state index in [9.17, 15) is 9.59 Å². The molecule has 1 amide bonds. The minimum absolute atomic E-state index is 0.160. The second-order valence-electron chi connectivity index (χ2n) is 5.74. The van der Waals surface area contributed by atoms with Gasteiger partial charge in [0.15, 0.2) is 0 Å². The summed E-state index contributed by atoms with van der Waals surface area (Å²) in [4.78, 5) is 32.7. The summed E-state index contributed by atoms with van der Waals surface area (Å²) in [7, 11) is 1.28. The Labute approximate surface area is 166 Å². The Kier molecular flexibility index (Phi) is 6.18. The molecule has 0 unspecified atom stereocenters. The first kappa shape index (κ1) is 19.3. The van der Waals surface area contributed by atoms with Crippen LogP contribution in [0.3, 0.4) is 0 Å². The molecule has 7 nitrogen and oxygen atoms in total. The zero-order valence-electron chi connectivity index (χ0n) is 15.0. The molecule has 1 heterocycles. The van der Waals surface area contributed by atoms with Gasteiger partial charge in [0.05, 0.1) is 18.4 Å². The third kappa shape index (κ3) is 4.83. The second kappa shape index (κ2) is 8.96. The first-order chi connectivity index (χ1) is 13.6. The fraction of sp³-hybridized carbons (Fsp3) is 0.100. The SMILES string of the molecule is COC(=O)c1ccccc1NC(=O)c1ccnc(NCc2ccc(Cl)cc2)n1. The summed E-state index contributed by atoms with van der Waals surface area (Å²) in [5.41, 5.74) is 1.75. The van der Waals surface area contributed by atoms with Crippen molar-refractivity contribution in [1.29, 1.82) is 0 Å². The van der Waals surface area contributed by atoms with E-state index in [4.69, 9.17) is 16.3 Å². The normalized spacial score (nSPS) is 10.2. The predicted molar refractivity (Wildman–Crippen MR) is 107 cm³/mol. The molecule has 0 aliphatic rings. The summed E-state index contributed by atoms with van der Waals surface area (Å²) in [6.45, 7) is 0.480. The van der Waals surface area contributed by atoms with Gasteiger partial charge in [-0.3, -0.25) is 4.79 Å². The average Bonchev–Trinajstić information content (AvgIpc) is 2.73. The Morgan fingerprint density at radius 1 is 1.07 bits per heavy atom. The first-order valence-electron chi connectivity index (χ1n) is 8.37. The maximum atomic E-state index is 12.5. The van der Waals surface area contributed by atoms with Crippen LogP contribution in [0.25, 0.3) is 0 Å². The van der Waals surface area contributed by atoms with E-state index in [1.807, 2.05) is 12.1 Å². The van der Waals surface area contributed by atoms with E-state index in [1.54, 1.807) is 36.4 Å². The van der Waals surface area contributed by atoms with Crippen molar-refractivity contribution >= 4 is 35.1 Å². The average molecular weight is 397 g/mol. The fourth-order valence-corrected chi connectivity index (χ4v) is 2.55. The van der Waals surface area contributed by atoms with Gasteiger partial charge in [0.25, 0.3) is 5.91 Å². The van der Waals surface area contributed by atoms with Crippen molar-refractivity contribution in [3.63, 3.8) is 0 Å². The maximum absolute atomic E-state index is 12.5. The number of hydrogen-bond acceptors (Lipinski definition) is 6. The number of halogens is 1. The van der Waals surface area contributed by atoms with Gasteiger partial charge in [-0.15, -0.1) is 0 Å². The molecule has 3 rings (SSSR count). The van der Waals surface area contributed by atoms with Crippen LogP contribution in [0.4, 0.5) is 11.6 Å². The van der Waals surface area contributed by atoms with Crippen molar-refractivity contribution in [3.05, 3.63) is 82.6 Å². The molecule has 8 heteroatoms. The van der Waals surface area contributed by atoms with Crippen molar-refractivity contribution in [1.82, 2.24) is 9.97 Å². The molecule has 0 aliphatic carbocycles. The highest BCUT2D eigenvalue weighted by Gasteiger charge is 2.15. The van der Waals surface area contributed by atoms with Gasteiger partial charge in [-0.05, 0) is 35.9 Å². The molecule has 142 valence electrons. The monoisotopic (exact) mass is 396 g/mol. The maximum Gasteiger partial charge on any atom is 0.339 e. The van der Waals surface area contributed by atoms with Gasteiger partial charge in [-0.1, -0.05) is 35.9 Å². The molecule has 0 radical (unpaired) electrons. The lowest BCUT2D eigenvalue weighted by atomic mass is 10.1. The van der Waals surface area contributed by atoms with Crippen molar-refractivity contribution in [2.75, 3.05) is 17.7 Å². The van der Waals surface area contributed by atoms with Crippen LogP contribution < -0.4 is 10.6 Å². The Balaban J connectivity index is 1.70. The van der Waals surface area contributed by atoms with E-state index < -0.39 is 11.9 Å². The van der Waals surface area contributed by atoms with Crippen molar-refractivity contribution in [3.8, 4) is 0 Å². The number of carbonyl (C=O) groups excluding carboxylic acids is 2. The number of anilines is 2. The molecule has 28 heavy (non-hydrogen) atoms.